The lowest BCUT2D eigenvalue weighted by Crippen LogP contribution is -2.37. The lowest BCUT2D eigenvalue weighted by molar-refractivity contribution is -0.122. The Morgan fingerprint density at radius 2 is 1.96 bits per heavy atom. The van der Waals surface area contributed by atoms with Crippen LogP contribution in [0.1, 0.15) is 15.9 Å². The van der Waals surface area contributed by atoms with Crippen molar-refractivity contribution in [1.29, 1.82) is 0 Å². The van der Waals surface area contributed by atoms with Gasteiger partial charge in [-0.2, -0.15) is 0 Å². The molecule has 0 aromatic heterocycles. The molecule has 1 saturated heterocycles. The van der Waals surface area contributed by atoms with E-state index in [4.69, 9.17) is 16.3 Å². The second kappa shape index (κ2) is 8.95. The molecule has 0 atom stereocenters. The number of hydrogen-bond acceptors (Lipinski definition) is 5. The molecule has 1 N–H and O–H groups in total. The van der Waals surface area contributed by atoms with E-state index < -0.39 is 0 Å². The number of carbonyl (C=O) groups is 3. The topological polar surface area (TPSA) is 75.7 Å². The van der Waals surface area contributed by atoms with Crippen molar-refractivity contribution in [1.82, 2.24) is 10.2 Å². The molecule has 0 aliphatic carbocycles. The van der Waals surface area contributed by atoms with Crippen LogP contribution in [0.15, 0.2) is 53.4 Å². The lowest BCUT2D eigenvalue weighted by atomic mass is 10.2. The van der Waals surface area contributed by atoms with Crippen molar-refractivity contribution < 1.29 is 19.1 Å². The molecule has 2 aromatic rings. The number of thioether (sulfide) groups is 1. The molecule has 3 rings (SSSR count). The highest BCUT2D eigenvalue weighted by atomic mass is 35.5. The van der Waals surface area contributed by atoms with Gasteiger partial charge in [0.1, 0.15) is 5.75 Å². The fourth-order valence-electron chi connectivity index (χ4n) is 2.55. The van der Waals surface area contributed by atoms with E-state index in [1.807, 2.05) is 0 Å². The molecule has 2 aromatic carbocycles. The molecule has 0 radical (unpaired) electrons. The summed E-state index contributed by atoms with van der Waals surface area (Å²) in [5, 5.41) is 2.94. The van der Waals surface area contributed by atoms with Gasteiger partial charge in [0.05, 0.1) is 12.0 Å². The number of methoxy groups -OCH3 is 1. The van der Waals surface area contributed by atoms with E-state index in [0.717, 1.165) is 22.2 Å². The number of rotatable bonds is 6. The van der Waals surface area contributed by atoms with E-state index in [9.17, 15) is 14.4 Å². The predicted octanol–water partition coefficient (Wildman–Crippen LogP) is 3.81. The zero-order chi connectivity index (χ0) is 20.1. The van der Waals surface area contributed by atoms with Gasteiger partial charge in [-0.1, -0.05) is 29.8 Å². The van der Waals surface area contributed by atoms with Gasteiger partial charge in [-0.3, -0.25) is 19.3 Å². The Kier molecular flexibility index (Phi) is 6.38. The van der Waals surface area contributed by atoms with Crippen LogP contribution in [0, 0.1) is 0 Å². The molecule has 0 unspecified atom stereocenters. The highest BCUT2D eigenvalue weighted by Gasteiger charge is 2.34. The second-order valence-corrected chi connectivity index (χ2v) is 7.30. The first-order valence-corrected chi connectivity index (χ1v) is 9.60. The first kappa shape index (κ1) is 20.0. The Bertz CT molecular complexity index is 943. The van der Waals surface area contributed by atoms with Crippen LogP contribution in [-0.2, 0) is 4.79 Å². The number of nitrogens with one attached hydrogen (secondary N) is 1. The Morgan fingerprint density at radius 3 is 2.68 bits per heavy atom. The zero-order valence-corrected chi connectivity index (χ0v) is 16.5. The largest absolute Gasteiger partial charge is 0.497 e. The summed E-state index contributed by atoms with van der Waals surface area (Å²) in [5.74, 6) is -0.103. The molecule has 1 fully saturated rings. The molecule has 8 heteroatoms. The summed E-state index contributed by atoms with van der Waals surface area (Å²) < 4.78 is 5.09. The normalized spacial score (nSPS) is 15.2. The van der Waals surface area contributed by atoms with Crippen molar-refractivity contribution in [3.8, 4) is 5.75 Å². The van der Waals surface area contributed by atoms with Crippen LogP contribution >= 0.6 is 23.4 Å². The molecule has 0 saturated carbocycles. The van der Waals surface area contributed by atoms with E-state index in [-0.39, 0.29) is 30.1 Å². The molecule has 3 amide bonds. The fourth-order valence-corrected chi connectivity index (χ4v) is 3.54. The summed E-state index contributed by atoms with van der Waals surface area (Å²) in [6.07, 6.45) is 1.65. The number of halogens is 1. The molecular weight excluding hydrogens is 400 g/mol. The van der Waals surface area contributed by atoms with Gasteiger partial charge in [-0.25, -0.2) is 0 Å². The Morgan fingerprint density at radius 1 is 1.21 bits per heavy atom. The van der Waals surface area contributed by atoms with Crippen molar-refractivity contribution in [2.24, 2.45) is 0 Å². The van der Waals surface area contributed by atoms with Gasteiger partial charge >= 0.3 is 0 Å². The molecule has 1 heterocycles. The molecule has 28 heavy (non-hydrogen) atoms. The molecule has 0 spiro atoms. The van der Waals surface area contributed by atoms with Crippen molar-refractivity contribution >= 4 is 46.5 Å². The van der Waals surface area contributed by atoms with E-state index >= 15 is 0 Å². The number of nitrogens with zero attached hydrogens (tertiary/aromatic N) is 1. The van der Waals surface area contributed by atoms with Crippen molar-refractivity contribution in [3.05, 3.63) is 69.6 Å². The van der Waals surface area contributed by atoms with Crippen LogP contribution in [0.2, 0.25) is 5.02 Å². The average Bonchev–Trinajstić information content (AvgIpc) is 2.97. The third-order valence-electron chi connectivity index (χ3n) is 3.99. The van der Waals surface area contributed by atoms with Gasteiger partial charge < -0.3 is 10.1 Å². The van der Waals surface area contributed by atoms with Crippen LogP contribution in [0.5, 0.6) is 5.75 Å². The summed E-state index contributed by atoms with van der Waals surface area (Å²) in [6, 6.07) is 13.7. The van der Waals surface area contributed by atoms with E-state index in [2.05, 4.69) is 5.32 Å². The molecular formula is C20H17ClN2O4S. The van der Waals surface area contributed by atoms with Crippen molar-refractivity contribution in [2.45, 2.75) is 0 Å². The van der Waals surface area contributed by atoms with E-state index in [1.165, 1.54) is 7.11 Å². The fraction of sp³-hybridized carbons (Fsp3) is 0.150. The second-order valence-electron chi connectivity index (χ2n) is 5.87. The summed E-state index contributed by atoms with van der Waals surface area (Å²) in [7, 11) is 1.52. The average molecular weight is 417 g/mol. The van der Waals surface area contributed by atoms with Gasteiger partial charge in [0.25, 0.3) is 17.1 Å². The quantitative estimate of drug-likeness (QED) is 0.724. The maximum Gasteiger partial charge on any atom is 0.293 e. The lowest BCUT2D eigenvalue weighted by Gasteiger charge is -2.13. The maximum absolute atomic E-state index is 12.5. The minimum absolute atomic E-state index is 0.0956. The van der Waals surface area contributed by atoms with Crippen LogP contribution in [0.3, 0.4) is 0 Å². The third-order valence-corrected chi connectivity index (χ3v) is 5.15. The van der Waals surface area contributed by atoms with Gasteiger partial charge in [0.15, 0.2) is 0 Å². The highest BCUT2D eigenvalue weighted by molar-refractivity contribution is 8.18. The number of benzene rings is 2. The first-order chi connectivity index (χ1) is 13.5. The van der Waals surface area contributed by atoms with Crippen molar-refractivity contribution in [2.75, 3.05) is 20.2 Å². The monoisotopic (exact) mass is 416 g/mol. The number of hydrogen-bond donors (Lipinski definition) is 1. The number of ether oxygens (including phenoxy) is 1. The Labute approximate surface area is 171 Å². The van der Waals surface area contributed by atoms with Crippen LogP contribution < -0.4 is 10.1 Å². The number of imide groups is 1. The summed E-state index contributed by atoms with van der Waals surface area (Å²) in [5.41, 5.74) is 1.22. The smallest absolute Gasteiger partial charge is 0.293 e. The molecule has 0 bridgehead atoms. The minimum atomic E-state index is -0.374. The predicted molar refractivity (Wildman–Crippen MR) is 109 cm³/mol. The van der Waals surface area contributed by atoms with Crippen LogP contribution in [0.25, 0.3) is 6.08 Å². The molecule has 144 valence electrons. The minimum Gasteiger partial charge on any atom is -0.497 e. The van der Waals surface area contributed by atoms with Crippen LogP contribution in [-0.4, -0.2) is 42.2 Å². The number of carbonyl (C=O) groups excluding carboxylic acids is 3. The van der Waals surface area contributed by atoms with Crippen molar-refractivity contribution in [3.63, 3.8) is 0 Å². The summed E-state index contributed by atoms with van der Waals surface area (Å²) in [4.78, 5) is 38.3. The van der Waals surface area contributed by atoms with Crippen LogP contribution in [0.4, 0.5) is 4.79 Å². The standard InChI is InChI=1S/C20H17ClN2O4S/c1-27-16-4-2-3-14(12-16)18(24)22-9-10-23-19(25)17(28-20(23)26)11-13-5-7-15(21)8-6-13/h2-8,11-12H,9-10H2,1H3,(H,22,24)/b17-11+. The van der Waals surface area contributed by atoms with Gasteiger partial charge in [-0.15, -0.1) is 0 Å². The maximum atomic E-state index is 12.5. The molecule has 6 nitrogen and oxygen atoms in total. The SMILES string of the molecule is COc1cccc(C(=O)NCCN2C(=O)S/C(=C/c3ccc(Cl)cc3)C2=O)c1. The van der Waals surface area contributed by atoms with E-state index in [1.54, 1.807) is 54.6 Å². The third kappa shape index (κ3) is 4.74. The number of amides is 3. The first-order valence-electron chi connectivity index (χ1n) is 8.41. The van der Waals surface area contributed by atoms with Gasteiger partial charge in [-0.05, 0) is 53.7 Å². The highest BCUT2D eigenvalue weighted by Crippen LogP contribution is 2.32. The van der Waals surface area contributed by atoms with Gasteiger partial charge in [0.2, 0.25) is 0 Å². The molecule has 1 aliphatic heterocycles. The summed E-state index contributed by atoms with van der Waals surface area (Å²) >= 11 is 6.73. The molecule has 1 aliphatic rings. The Hall–Kier alpha value is -2.77. The zero-order valence-electron chi connectivity index (χ0n) is 15.0. The van der Waals surface area contributed by atoms with Gasteiger partial charge in [0, 0.05) is 23.7 Å². The summed E-state index contributed by atoms with van der Waals surface area (Å²) in [6.45, 7) is 0.251. The Balaban J connectivity index is 1.58. The van der Waals surface area contributed by atoms with E-state index in [0.29, 0.717) is 21.2 Å².